The lowest BCUT2D eigenvalue weighted by Gasteiger charge is -2.24. The van der Waals surface area contributed by atoms with Gasteiger partial charge in [0.2, 0.25) is 0 Å². The predicted octanol–water partition coefficient (Wildman–Crippen LogP) is -2.30. The van der Waals surface area contributed by atoms with E-state index >= 15 is 0 Å². The first-order valence-electron chi connectivity index (χ1n) is 4.03. The van der Waals surface area contributed by atoms with Crippen LogP contribution in [0.5, 0.6) is 0 Å². The second-order valence-electron chi connectivity index (χ2n) is 3.32. The second kappa shape index (κ2) is 5.63. The lowest BCUT2D eigenvalue weighted by molar-refractivity contribution is 0.158. The van der Waals surface area contributed by atoms with Crippen LogP contribution < -0.4 is 0 Å². The van der Waals surface area contributed by atoms with Crippen LogP contribution >= 0.6 is 0 Å². The molecule has 11 heavy (non-hydrogen) atoms. The molecule has 0 aliphatic carbocycles. The molecule has 0 saturated heterocycles. The van der Waals surface area contributed by atoms with Crippen LogP contribution in [0.1, 0.15) is 6.92 Å². The standard InChI is InChI=1S/C6H18B2N2O/c1-6(5-11)9(2)3-4-10(7)8/h6,11H,3-5,7-8H2,1-2H3. The number of rotatable bonds is 5. The number of hydrogen-bond donors (Lipinski definition) is 1. The minimum absolute atomic E-state index is 0.240. The maximum absolute atomic E-state index is 8.82. The van der Waals surface area contributed by atoms with E-state index in [1.54, 1.807) is 0 Å². The molecule has 0 bridgehead atoms. The maximum atomic E-state index is 8.82. The molecule has 1 unspecified atom stereocenters. The molecular weight excluding hydrogens is 138 g/mol. The SMILES string of the molecule is BN(B)CCN(C)C(C)CO. The topological polar surface area (TPSA) is 26.7 Å². The molecule has 0 rings (SSSR count). The Bertz CT molecular complexity index is 103. The van der Waals surface area contributed by atoms with Crippen LogP contribution in [0.4, 0.5) is 0 Å². The minimum Gasteiger partial charge on any atom is -0.395 e. The Morgan fingerprint density at radius 2 is 1.91 bits per heavy atom. The summed E-state index contributed by atoms with van der Waals surface area (Å²) in [7, 11) is 6.14. The van der Waals surface area contributed by atoms with Crippen molar-refractivity contribution in [3.63, 3.8) is 0 Å². The Hall–Kier alpha value is 0.00987. The first kappa shape index (κ1) is 11.0. The van der Waals surface area contributed by atoms with Crippen LogP contribution in [0.3, 0.4) is 0 Å². The molecule has 0 amide bonds. The molecule has 0 aromatic rings. The molecule has 0 aromatic heterocycles. The number of nitrogens with zero attached hydrogens (tertiary/aromatic N) is 2. The fraction of sp³-hybridized carbons (Fsp3) is 1.00. The summed E-state index contributed by atoms with van der Waals surface area (Å²) in [6.07, 6.45) is 0. The van der Waals surface area contributed by atoms with Crippen LogP contribution in [0.2, 0.25) is 0 Å². The zero-order valence-corrected chi connectivity index (χ0v) is 8.04. The Kier molecular flexibility index (Phi) is 5.64. The van der Waals surface area contributed by atoms with Crippen molar-refractivity contribution in [3.8, 4) is 0 Å². The van der Waals surface area contributed by atoms with Crippen LogP contribution in [0.15, 0.2) is 0 Å². The van der Waals surface area contributed by atoms with Gasteiger partial charge in [-0.1, -0.05) is 0 Å². The number of aliphatic hydroxyl groups excluding tert-OH is 1. The molecule has 0 aromatic carbocycles. The second-order valence-corrected chi connectivity index (χ2v) is 3.32. The lowest BCUT2D eigenvalue weighted by Crippen LogP contribution is -2.37. The number of aliphatic hydroxyl groups is 1. The average molecular weight is 156 g/mol. The van der Waals surface area contributed by atoms with Gasteiger partial charge >= 0.3 is 0 Å². The van der Waals surface area contributed by atoms with Gasteiger partial charge < -0.3 is 14.7 Å². The molecule has 1 N–H and O–H groups in total. The van der Waals surface area contributed by atoms with Crippen molar-refractivity contribution >= 4 is 16.0 Å². The lowest BCUT2D eigenvalue weighted by atomic mass is 10.1. The normalized spacial score (nSPS) is 14.3. The van der Waals surface area contributed by atoms with E-state index in [2.05, 4.69) is 25.6 Å². The van der Waals surface area contributed by atoms with Gasteiger partial charge in [0.1, 0.15) is 0 Å². The van der Waals surface area contributed by atoms with Gasteiger partial charge in [-0.15, -0.1) is 0 Å². The Morgan fingerprint density at radius 3 is 2.27 bits per heavy atom. The van der Waals surface area contributed by atoms with Crippen LogP contribution in [-0.4, -0.2) is 63.5 Å². The smallest absolute Gasteiger partial charge is 0.172 e. The highest BCUT2D eigenvalue weighted by Gasteiger charge is 2.06. The van der Waals surface area contributed by atoms with Gasteiger partial charge in [0.15, 0.2) is 16.0 Å². The quantitative estimate of drug-likeness (QED) is 0.453. The highest BCUT2D eigenvalue weighted by molar-refractivity contribution is 6.24. The van der Waals surface area contributed by atoms with E-state index in [-0.39, 0.29) is 12.6 Å². The highest BCUT2D eigenvalue weighted by atomic mass is 16.3. The van der Waals surface area contributed by atoms with Crippen molar-refractivity contribution in [2.24, 2.45) is 0 Å². The fourth-order valence-electron chi connectivity index (χ4n) is 0.718. The Labute approximate surface area is 71.2 Å². The van der Waals surface area contributed by atoms with Crippen LogP contribution in [0, 0.1) is 0 Å². The third kappa shape index (κ3) is 5.30. The maximum Gasteiger partial charge on any atom is 0.172 e. The Morgan fingerprint density at radius 1 is 1.36 bits per heavy atom. The van der Waals surface area contributed by atoms with Crippen molar-refractivity contribution in [2.45, 2.75) is 13.0 Å². The van der Waals surface area contributed by atoms with Crippen molar-refractivity contribution in [3.05, 3.63) is 0 Å². The molecule has 0 spiro atoms. The molecule has 64 valence electrons. The van der Waals surface area contributed by atoms with E-state index in [1.165, 1.54) is 0 Å². The van der Waals surface area contributed by atoms with Crippen molar-refractivity contribution < 1.29 is 5.11 Å². The molecule has 0 heterocycles. The monoisotopic (exact) mass is 156 g/mol. The largest absolute Gasteiger partial charge is 0.395 e. The molecular formula is C6H18B2N2O. The van der Waals surface area contributed by atoms with Crippen LogP contribution in [0.25, 0.3) is 0 Å². The summed E-state index contributed by atoms with van der Waals surface area (Å²) in [5.74, 6) is 0. The Balaban J connectivity index is 3.43. The van der Waals surface area contributed by atoms with Gasteiger partial charge in [-0.05, 0) is 20.5 Å². The molecule has 3 nitrogen and oxygen atoms in total. The van der Waals surface area contributed by atoms with E-state index in [9.17, 15) is 0 Å². The molecule has 5 heteroatoms. The summed E-state index contributed by atoms with van der Waals surface area (Å²) >= 11 is 0. The predicted molar refractivity (Wildman–Crippen MR) is 53.0 cm³/mol. The molecule has 0 aliphatic heterocycles. The summed E-state index contributed by atoms with van der Waals surface area (Å²) in [5.41, 5.74) is 0. The highest BCUT2D eigenvalue weighted by Crippen LogP contribution is 1.92. The van der Waals surface area contributed by atoms with Crippen LogP contribution in [-0.2, 0) is 0 Å². The molecule has 0 radical (unpaired) electrons. The summed E-state index contributed by atoms with van der Waals surface area (Å²) in [6, 6.07) is 0.273. The van der Waals surface area contributed by atoms with E-state index in [0.29, 0.717) is 0 Å². The first-order valence-corrected chi connectivity index (χ1v) is 4.03. The van der Waals surface area contributed by atoms with Gasteiger partial charge in [-0.2, -0.15) is 0 Å². The first-order chi connectivity index (χ1) is 5.07. The molecule has 0 aliphatic rings. The van der Waals surface area contributed by atoms with Crippen molar-refractivity contribution in [2.75, 3.05) is 26.7 Å². The van der Waals surface area contributed by atoms with E-state index < -0.39 is 0 Å². The van der Waals surface area contributed by atoms with E-state index in [0.717, 1.165) is 13.1 Å². The number of likely N-dealkylation sites (N-methyl/N-ethyl adjacent to an activating group) is 1. The fourth-order valence-corrected chi connectivity index (χ4v) is 0.718. The summed E-state index contributed by atoms with van der Waals surface area (Å²) in [4.78, 5) is 2.15. The van der Waals surface area contributed by atoms with E-state index in [1.807, 2.05) is 14.0 Å². The van der Waals surface area contributed by atoms with Crippen molar-refractivity contribution in [1.82, 2.24) is 9.62 Å². The van der Waals surface area contributed by atoms with Gasteiger partial charge in [0, 0.05) is 12.6 Å². The summed E-state index contributed by atoms with van der Waals surface area (Å²) in [5, 5.41) is 8.82. The third-order valence-electron chi connectivity index (χ3n) is 1.92. The van der Waals surface area contributed by atoms with Gasteiger partial charge in [0.05, 0.1) is 6.61 Å². The van der Waals surface area contributed by atoms with Gasteiger partial charge in [0.25, 0.3) is 0 Å². The minimum atomic E-state index is 0.240. The zero-order valence-electron chi connectivity index (χ0n) is 8.04. The van der Waals surface area contributed by atoms with Gasteiger partial charge in [-0.3, -0.25) is 0 Å². The zero-order chi connectivity index (χ0) is 8.85. The summed E-state index contributed by atoms with van der Waals surface area (Å²) in [6.45, 7) is 4.31. The van der Waals surface area contributed by atoms with E-state index in [4.69, 9.17) is 5.11 Å². The van der Waals surface area contributed by atoms with Gasteiger partial charge in [-0.25, -0.2) is 0 Å². The summed E-state index contributed by atoms with van der Waals surface area (Å²) < 4.78 is 2.14. The molecule has 0 saturated carbocycles. The average Bonchev–Trinajstić information content (AvgIpc) is 1.98. The molecule has 1 atom stereocenters. The molecule has 0 fully saturated rings. The van der Waals surface area contributed by atoms with Crippen molar-refractivity contribution in [1.29, 1.82) is 0 Å². The third-order valence-corrected chi connectivity index (χ3v) is 1.92. The number of hydrogen-bond acceptors (Lipinski definition) is 3.